The van der Waals surface area contributed by atoms with Crippen molar-refractivity contribution in [3.63, 3.8) is 0 Å². The van der Waals surface area contributed by atoms with Crippen molar-refractivity contribution in [2.75, 3.05) is 19.7 Å². The van der Waals surface area contributed by atoms with Gasteiger partial charge >= 0.3 is 0 Å². The number of aliphatic hydroxyl groups is 1. The molecule has 6 nitrogen and oxygen atoms in total. The highest BCUT2D eigenvalue weighted by molar-refractivity contribution is 5.97. The summed E-state index contributed by atoms with van der Waals surface area (Å²) in [4.78, 5) is 19.0. The molecular weight excluding hydrogens is 292 g/mol. The zero-order chi connectivity index (χ0) is 16.6. The van der Waals surface area contributed by atoms with E-state index >= 15 is 0 Å². The Morgan fingerprint density at radius 2 is 2.09 bits per heavy atom. The number of likely N-dealkylation sites (tertiary alicyclic amines) is 1. The van der Waals surface area contributed by atoms with Crippen LogP contribution in [0.25, 0.3) is 11.0 Å². The van der Waals surface area contributed by atoms with Crippen LogP contribution in [0.2, 0.25) is 0 Å². The molecule has 2 aromatic heterocycles. The molecule has 23 heavy (non-hydrogen) atoms. The summed E-state index contributed by atoms with van der Waals surface area (Å²) >= 11 is 0. The van der Waals surface area contributed by atoms with Crippen molar-refractivity contribution in [3.05, 3.63) is 23.5 Å². The zero-order valence-electron chi connectivity index (χ0n) is 14.0. The average Bonchev–Trinajstić information content (AvgIpc) is 2.88. The first-order chi connectivity index (χ1) is 11.0. The molecule has 0 unspecified atom stereocenters. The second-order valence-corrected chi connectivity index (χ2v) is 6.61. The van der Waals surface area contributed by atoms with Gasteiger partial charge in [0.25, 0.3) is 5.91 Å². The second-order valence-electron chi connectivity index (χ2n) is 6.61. The standard InChI is InChI=1S/C17H24N4O2/c1-4-17(11-22)5-7-21(8-6-17)16(23)13-9-14-12(2)19-20(3)15(14)18-10-13/h9-10,22H,4-8,11H2,1-3H3. The summed E-state index contributed by atoms with van der Waals surface area (Å²) in [7, 11) is 1.85. The highest BCUT2D eigenvalue weighted by atomic mass is 16.3. The number of hydrogen-bond acceptors (Lipinski definition) is 4. The number of aliphatic hydroxyl groups excluding tert-OH is 1. The Morgan fingerprint density at radius 1 is 1.39 bits per heavy atom. The molecule has 0 spiro atoms. The largest absolute Gasteiger partial charge is 0.396 e. The van der Waals surface area contributed by atoms with Crippen LogP contribution in [0.1, 0.15) is 42.2 Å². The Bertz CT molecular complexity index is 724. The predicted octanol–water partition coefficient (Wildman–Crippen LogP) is 1.90. The van der Waals surface area contributed by atoms with Crippen LogP contribution in [0.15, 0.2) is 12.3 Å². The van der Waals surface area contributed by atoms with Crippen LogP contribution in [0, 0.1) is 12.3 Å². The number of hydrogen-bond donors (Lipinski definition) is 1. The first-order valence-corrected chi connectivity index (χ1v) is 8.19. The topological polar surface area (TPSA) is 71.2 Å². The lowest BCUT2D eigenvalue weighted by atomic mass is 9.77. The molecule has 0 aliphatic carbocycles. The Kier molecular flexibility index (Phi) is 4.10. The molecule has 1 fully saturated rings. The number of aromatic nitrogens is 3. The van der Waals surface area contributed by atoms with Gasteiger partial charge in [0.05, 0.1) is 11.3 Å². The van der Waals surface area contributed by atoms with Gasteiger partial charge in [0.2, 0.25) is 0 Å². The van der Waals surface area contributed by atoms with Crippen LogP contribution in [0.3, 0.4) is 0 Å². The van der Waals surface area contributed by atoms with Crippen molar-refractivity contribution in [1.82, 2.24) is 19.7 Å². The van der Waals surface area contributed by atoms with Crippen LogP contribution < -0.4 is 0 Å². The van der Waals surface area contributed by atoms with Crippen LogP contribution in [0.4, 0.5) is 0 Å². The van der Waals surface area contributed by atoms with E-state index in [2.05, 4.69) is 17.0 Å². The summed E-state index contributed by atoms with van der Waals surface area (Å²) in [6.07, 6.45) is 4.30. The fourth-order valence-corrected chi connectivity index (χ4v) is 3.42. The van der Waals surface area contributed by atoms with Crippen molar-refractivity contribution < 1.29 is 9.90 Å². The number of amides is 1. The molecule has 3 rings (SSSR count). The molecule has 6 heteroatoms. The Morgan fingerprint density at radius 3 is 2.70 bits per heavy atom. The molecule has 124 valence electrons. The maximum atomic E-state index is 12.7. The molecule has 1 aliphatic heterocycles. The number of piperidine rings is 1. The maximum absolute atomic E-state index is 12.7. The Labute approximate surface area is 136 Å². The zero-order valence-corrected chi connectivity index (χ0v) is 14.0. The number of carbonyl (C=O) groups is 1. The van der Waals surface area contributed by atoms with E-state index in [1.807, 2.05) is 24.9 Å². The molecule has 1 saturated heterocycles. The number of nitrogens with zero attached hydrogens (tertiary/aromatic N) is 4. The fourth-order valence-electron chi connectivity index (χ4n) is 3.42. The monoisotopic (exact) mass is 316 g/mol. The summed E-state index contributed by atoms with van der Waals surface area (Å²) in [6.45, 7) is 5.62. The van der Waals surface area contributed by atoms with Gasteiger partial charge in [-0.3, -0.25) is 9.48 Å². The summed E-state index contributed by atoms with van der Waals surface area (Å²) in [5.41, 5.74) is 2.27. The minimum atomic E-state index is -0.0150. The highest BCUT2D eigenvalue weighted by Gasteiger charge is 2.34. The summed E-state index contributed by atoms with van der Waals surface area (Å²) in [6, 6.07) is 1.89. The molecule has 0 radical (unpaired) electrons. The van der Waals surface area contributed by atoms with Gasteiger partial charge in [-0.15, -0.1) is 0 Å². The molecule has 0 aromatic carbocycles. The molecular formula is C17H24N4O2. The second kappa shape index (κ2) is 5.92. The first kappa shape index (κ1) is 15.9. The quantitative estimate of drug-likeness (QED) is 0.939. The lowest BCUT2D eigenvalue weighted by Crippen LogP contribution is -2.44. The van der Waals surface area contributed by atoms with Crippen molar-refractivity contribution in [2.45, 2.75) is 33.1 Å². The molecule has 1 amide bonds. The van der Waals surface area contributed by atoms with Crippen molar-refractivity contribution in [2.24, 2.45) is 12.5 Å². The Hall–Kier alpha value is -1.95. The average molecular weight is 316 g/mol. The lowest BCUT2D eigenvalue weighted by Gasteiger charge is -2.40. The van der Waals surface area contributed by atoms with Gasteiger partial charge in [0.1, 0.15) is 0 Å². The molecule has 1 aliphatic rings. The van der Waals surface area contributed by atoms with Crippen LogP contribution in [-0.4, -0.2) is 50.4 Å². The third-order valence-corrected chi connectivity index (χ3v) is 5.31. The van der Waals surface area contributed by atoms with Gasteiger partial charge in [0, 0.05) is 38.3 Å². The number of pyridine rings is 1. The van der Waals surface area contributed by atoms with Crippen LogP contribution in [0.5, 0.6) is 0 Å². The number of rotatable bonds is 3. The van der Waals surface area contributed by atoms with E-state index in [-0.39, 0.29) is 17.9 Å². The number of fused-ring (bicyclic) bond motifs is 1. The SMILES string of the molecule is CCC1(CO)CCN(C(=O)c2cnc3c(c2)c(C)nn3C)CC1. The molecule has 1 N–H and O–H groups in total. The van der Waals surface area contributed by atoms with Gasteiger partial charge in [-0.2, -0.15) is 5.10 Å². The van der Waals surface area contributed by atoms with Gasteiger partial charge in [0.15, 0.2) is 5.65 Å². The van der Waals surface area contributed by atoms with E-state index in [4.69, 9.17) is 0 Å². The van der Waals surface area contributed by atoms with E-state index < -0.39 is 0 Å². The van der Waals surface area contributed by atoms with Gasteiger partial charge in [-0.1, -0.05) is 6.92 Å². The molecule has 0 atom stereocenters. The summed E-state index contributed by atoms with van der Waals surface area (Å²) in [5, 5.41) is 14.9. The Balaban J connectivity index is 1.80. The van der Waals surface area contributed by atoms with Crippen molar-refractivity contribution in [3.8, 4) is 0 Å². The van der Waals surface area contributed by atoms with E-state index in [0.717, 1.165) is 36.0 Å². The maximum Gasteiger partial charge on any atom is 0.255 e. The number of carbonyl (C=O) groups excluding carboxylic acids is 1. The molecule has 0 saturated carbocycles. The van der Waals surface area contributed by atoms with Gasteiger partial charge < -0.3 is 10.0 Å². The summed E-state index contributed by atoms with van der Waals surface area (Å²) in [5.74, 6) is 0.0188. The molecule has 3 heterocycles. The van der Waals surface area contributed by atoms with E-state index in [9.17, 15) is 9.90 Å². The number of aryl methyl sites for hydroxylation is 2. The molecule has 2 aromatic rings. The molecule has 0 bridgehead atoms. The normalized spacial score (nSPS) is 17.7. The van der Waals surface area contributed by atoms with Gasteiger partial charge in [-0.05, 0) is 37.7 Å². The minimum Gasteiger partial charge on any atom is -0.396 e. The predicted molar refractivity (Wildman–Crippen MR) is 88.2 cm³/mol. The van der Waals surface area contributed by atoms with Crippen molar-refractivity contribution in [1.29, 1.82) is 0 Å². The van der Waals surface area contributed by atoms with E-state index in [1.165, 1.54) is 0 Å². The van der Waals surface area contributed by atoms with E-state index in [0.29, 0.717) is 18.7 Å². The first-order valence-electron chi connectivity index (χ1n) is 8.19. The third-order valence-electron chi connectivity index (χ3n) is 5.31. The van der Waals surface area contributed by atoms with Gasteiger partial charge in [-0.25, -0.2) is 4.98 Å². The lowest BCUT2D eigenvalue weighted by molar-refractivity contribution is 0.0338. The highest BCUT2D eigenvalue weighted by Crippen LogP contribution is 2.34. The third kappa shape index (κ3) is 2.72. The minimum absolute atomic E-state index is 0.0150. The fraction of sp³-hybridized carbons (Fsp3) is 0.588. The summed E-state index contributed by atoms with van der Waals surface area (Å²) < 4.78 is 1.73. The van der Waals surface area contributed by atoms with E-state index in [1.54, 1.807) is 10.9 Å². The smallest absolute Gasteiger partial charge is 0.255 e. The van der Waals surface area contributed by atoms with Crippen LogP contribution in [-0.2, 0) is 7.05 Å². The van der Waals surface area contributed by atoms with Crippen molar-refractivity contribution >= 4 is 16.9 Å². The van der Waals surface area contributed by atoms with Crippen LogP contribution >= 0.6 is 0 Å².